The minimum Gasteiger partial charge on any atom is -0.462 e. The second-order valence-electron chi connectivity index (χ2n) is 6.05. The molecule has 0 aliphatic carbocycles. The molecule has 27 heavy (non-hydrogen) atoms. The SMILES string of the molecule is CCOC(=O)c1ccc(Nc2cnc(C(=O)NCC3CCCO3)cn2)cc1. The lowest BCUT2D eigenvalue weighted by Crippen LogP contribution is -2.32. The van der Waals surface area contributed by atoms with Crippen LogP contribution in [0.25, 0.3) is 0 Å². The van der Waals surface area contributed by atoms with Crippen LogP contribution in [0.4, 0.5) is 11.5 Å². The van der Waals surface area contributed by atoms with Gasteiger partial charge in [0.2, 0.25) is 0 Å². The molecule has 2 N–H and O–H groups in total. The van der Waals surface area contributed by atoms with Crippen molar-refractivity contribution < 1.29 is 19.1 Å². The molecule has 1 aromatic carbocycles. The second-order valence-corrected chi connectivity index (χ2v) is 6.05. The van der Waals surface area contributed by atoms with Crippen LogP contribution in [0.5, 0.6) is 0 Å². The second kappa shape index (κ2) is 9.09. The van der Waals surface area contributed by atoms with Gasteiger partial charge >= 0.3 is 5.97 Å². The first kappa shape index (κ1) is 18.8. The van der Waals surface area contributed by atoms with Crippen LogP contribution < -0.4 is 10.6 Å². The minimum absolute atomic E-state index is 0.0837. The summed E-state index contributed by atoms with van der Waals surface area (Å²) < 4.78 is 10.4. The Morgan fingerprint density at radius 2 is 2.04 bits per heavy atom. The van der Waals surface area contributed by atoms with Crippen molar-refractivity contribution in [2.45, 2.75) is 25.9 Å². The molecule has 1 aromatic heterocycles. The Morgan fingerprint density at radius 1 is 1.22 bits per heavy atom. The lowest BCUT2D eigenvalue weighted by molar-refractivity contribution is 0.0526. The van der Waals surface area contributed by atoms with Gasteiger partial charge in [-0.1, -0.05) is 0 Å². The van der Waals surface area contributed by atoms with E-state index in [1.54, 1.807) is 31.2 Å². The Labute approximate surface area is 157 Å². The molecule has 0 radical (unpaired) electrons. The van der Waals surface area contributed by atoms with Gasteiger partial charge in [-0.25, -0.2) is 14.8 Å². The van der Waals surface area contributed by atoms with E-state index in [-0.39, 0.29) is 23.7 Å². The molecule has 0 spiro atoms. The van der Waals surface area contributed by atoms with E-state index in [2.05, 4.69) is 20.6 Å². The van der Waals surface area contributed by atoms with Gasteiger partial charge in [0.05, 0.1) is 30.7 Å². The van der Waals surface area contributed by atoms with E-state index in [1.807, 2.05) is 0 Å². The van der Waals surface area contributed by atoms with E-state index in [0.717, 1.165) is 25.1 Å². The highest BCUT2D eigenvalue weighted by molar-refractivity contribution is 5.92. The number of ether oxygens (including phenoxy) is 2. The predicted molar refractivity (Wildman–Crippen MR) is 99.0 cm³/mol. The largest absolute Gasteiger partial charge is 0.462 e. The number of nitrogens with one attached hydrogen (secondary N) is 2. The molecule has 0 bridgehead atoms. The molecular formula is C19H22N4O4. The maximum atomic E-state index is 12.1. The molecule has 1 fully saturated rings. The van der Waals surface area contributed by atoms with Crippen molar-refractivity contribution in [2.24, 2.45) is 0 Å². The normalized spacial score (nSPS) is 16.0. The van der Waals surface area contributed by atoms with Crippen molar-refractivity contribution in [3.63, 3.8) is 0 Å². The van der Waals surface area contributed by atoms with Crippen LogP contribution in [0.3, 0.4) is 0 Å². The van der Waals surface area contributed by atoms with Gasteiger partial charge in [0.15, 0.2) is 0 Å². The molecule has 142 valence electrons. The lowest BCUT2D eigenvalue weighted by atomic mass is 10.2. The van der Waals surface area contributed by atoms with E-state index in [1.165, 1.54) is 12.4 Å². The highest BCUT2D eigenvalue weighted by Crippen LogP contribution is 2.15. The van der Waals surface area contributed by atoms with E-state index >= 15 is 0 Å². The summed E-state index contributed by atoms with van der Waals surface area (Å²) in [6.07, 6.45) is 4.98. The third-order valence-electron chi connectivity index (χ3n) is 4.07. The summed E-state index contributed by atoms with van der Waals surface area (Å²) in [5.74, 6) is -0.139. The number of hydrogen-bond donors (Lipinski definition) is 2. The van der Waals surface area contributed by atoms with Gasteiger partial charge in [0.1, 0.15) is 11.5 Å². The fourth-order valence-electron chi connectivity index (χ4n) is 2.66. The van der Waals surface area contributed by atoms with Gasteiger partial charge in [-0.15, -0.1) is 0 Å². The summed E-state index contributed by atoms with van der Waals surface area (Å²) in [7, 11) is 0. The molecular weight excluding hydrogens is 348 g/mol. The highest BCUT2D eigenvalue weighted by Gasteiger charge is 2.17. The third kappa shape index (κ3) is 5.24. The van der Waals surface area contributed by atoms with E-state index in [0.29, 0.717) is 24.5 Å². The van der Waals surface area contributed by atoms with E-state index in [4.69, 9.17) is 9.47 Å². The van der Waals surface area contributed by atoms with Crippen LogP contribution in [0.2, 0.25) is 0 Å². The summed E-state index contributed by atoms with van der Waals surface area (Å²) in [4.78, 5) is 32.1. The molecule has 2 aromatic rings. The van der Waals surface area contributed by atoms with Crippen LogP contribution in [0, 0.1) is 0 Å². The average Bonchev–Trinajstić information content (AvgIpc) is 3.21. The summed E-state index contributed by atoms with van der Waals surface area (Å²) >= 11 is 0. The zero-order chi connectivity index (χ0) is 19.1. The van der Waals surface area contributed by atoms with Gasteiger partial charge < -0.3 is 20.1 Å². The Bertz CT molecular complexity index is 771. The van der Waals surface area contributed by atoms with Crippen molar-refractivity contribution in [3.05, 3.63) is 47.9 Å². The quantitative estimate of drug-likeness (QED) is 0.721. The van der Waals surface area contributed by atoms with Gasteiger partial charge in [0.25, 0.3) is 5.91 Å². The number of esters is 1. The van der Waals surface area contributed by atoms with Crippen molar-refractivity contribution in [1.82, 2.24) is 15.3 Å². The number of carbonyl (C=O) groups excluding carboxylic acids is 2. The first-order valence-electron chi connectivity index (χ1n) is 8.91. The van der Waals surface area contributed by atoms with Gasteiger partial charge in [-0.05, 0) is 44.0 Å². The van der Waals surface area contributed by atoms with Crippen molar-refractivity contribution in [2.75, 3.05) is 25.1 Å². The maximum absolute atomic E-state index is 12.1. The number of carbonyl (C=O) groups is 2. The first-order chi connectivity index (χ1) is 13.2. The zero-order valence-electron chi connectivity index (χ0n) is 15.1. The highest BCUT2D eigenvalue weighted by atomic mass is 16.5. The molecule has 0 saturated carbocycles. The number of aromatic nitrogens is 2. The Hall–Kier alpha value is -3.00. The first-order valence-corrected chi connectivity index (χ1v) is 8.91. The summed E-state index contributed by atoms with van der Waals surface area (Å²) in [5, 5.41) is 5.87. The molecule has 1 unspecified atom stereocenters. The molecule has 1 atom stereocenters. The summed E-state index contributed by atoms with van der Waals surface area (Å²) in [6.45, 7) is 3.33. The molecule has 1 amide bonds. The van der Waals surface area contributed by atoms with Gasteiger partial charge in [0, 0.05) is 18.8 Å². The number of amides is 1. The van der Waals surface area contributed by atoms with Crippen LogP contribution in [0.15, 0.2) is 36.7 Å². The van der Waals surface area contributed by atoms with Crippen LogP contribution in [-0.2, 0) is 9.47 Å². The number of benzene rings is 1. The molecule has 8 heteroatoms. The van der Waals surface area contributed by atoms with Crippen LogP contribution in [-0.4, -0.2) is 47.7 Å². The van der Waals surface area contributed by atoms with Crippen molar-refractivity contribution in [3.8, 4) is 0 Å². The topological polar surface area (TPSA) is 102 Å². The van der Waals surface area contributed by atoms with Crippen molar-refractivity contribution in [1.29, 1.82) is 0 Å². The zero-order valence-corrected chi connectivity index (χ0v) is 15.1. The average molecular weight is 370 g/mol. The fourth-order valence-corrected chi connectivity index (χ4v) is 2.66. The fraction of sp³-hybridized carbons (Fsp3) is 0.368. The van der Waals surface area contributed by atoms with Crippen LogP contribution in [0.1, 0.15) is 40.6 Å². The Kier molecular flexibility index (Phi) is 6.32. The van der Waals surface area contributed by atoms with Gasteiger partial charge in [-0.2, -0.15) is 0 Å². The monoisotopic (exact) mass is 370 g/mol. The third-order valence-corrected chi connectivity index (χ3v) is 4.07. The van der Waals surface area contributed by atoms with Crippen LogP contribution >= 0.6 is 0 Å². The van der Waals surface area contributed by atoms with E-state index in [9.17, 15) is 9.59 Å². The van der Waals surface area contributed by atoms with Crippen molar-refractivity contribution >= 4 is 23.4 Å². The molecule has 1 aliphatic rings. The molecule has 3 rings (SSSR count). The molecule has 2 heterocycles. The number of anilines is 2. The maximum Gasteiger partial charge on any atom is 0.338 e. The number of nitrogens with zero attached hydrogens (tertiary/aromatic N) is 2. The molecule has 1 saturated heterocycles. The smallest absolute Gasteiger partial charge is 0.338 e. The van der Waals surface area contributed by atoms with Gasteiger partial charge in [-0.3, -0.25) is 4.79 Å². The minimum atomic E-state index is -0.359. The lowest BCUT2D eigenvalue weighted by Gasteiger charge is -2.10. The molecule has 8 nitrogen and oxygen atoms in total. The predicted octanol–water partition coefficient (Wildman–Crippen LogP) is 2.31. The summed E-state index contributed by atoms with van der Waals surface area (Å²) in [5.41, 5.74) is 1.47. The number of rotatable bonds is 7. The Morgan fingerprint density at radius 3 is 2.67 bits per heavy atom. The molecule has 1 aliphatic heterocycles. The summed E-state index contributed by atoms with van der Waals surface area (Å²) in [6, 6.07) is 6.83. The standard InChI is InChI=1S/C19H22N4O4/c1-2-26-19(25)13-5-7-14(8-6-13)23-17-12-20-16(11-21-17)18(24)22-10-15-4-3-9-27-15/h5-8,11-12,15H,2-4,9-10H2,1H3,(H,21,23)(H,22,24). The number of hydrogen-bond acceptors (Lipinski definition) is 7. The van der Waals surface area contributed by atoms with E-state index < -0.39 is 0 Å². The Balaban J connectivity index is 1.53.